The smallest absolute Gasteiger partial charge is 0.131 e. The molecule has 2 heterocycles. The molecule has 0 unspecified atom stereocenters. The number of pyridine rings is 1. The van der Waals surface area contributed by atoms with Crippen molar-refractivity contribution in [3.8, 4) is 0 Å². The maximum absolute atomic E-state index is 5.94. The first-order valence-electron chi connectivity index (χ1n) is 10.3. The van der Waals surface area contributed by atoms with Gasteiger partial charge in [0.25, 0.3) is 0 Å². The lowest BCUT2D eigenvalue weighted by Crippen LogP contribution is -2.30. The van der Waals surface area contributed by atoms with Crippen LogP contribution in [0.25, 0.3) is 10.8 Å². The second-order valence-electron chi connectivity index (χ2n) is 8.09. The Labute approximate surface area is 167 Å². The normalized spacial score (nSPS) is 15.8. The van der Waals surface area contributed by atoms with Crippen LogP contribution in [-0.4, -0.2) is 30.0 Å². The summed E-state index contributed by atoms with van der Waals surface area (Å²) in [6.45, 7) is 3.33. The minimum atomic E-state index is 0.585. The number of rotatable bonds is 6. The van der Waals surface area contributed by atoms with Crippen LogP contribution in [0.15, 0.2) is 54.7 Å². The van der Waals surface area contributed by atoms with Crippen molar-refractivity contribution >= 4 is 22.3 Å². The van der Waals surface area contributed by atoms with Gasteiger partial charge in [-0.1, -0.05) is 24.3 Å². The summed E-state index contributed by atoms with van der Waals surface area (Å²) in [6, 6.07) is 17.3. The molecule has 4 heteroatoms. The van der Waals surface area contributed by atoms with Crippen LogP contribution in [0.2, 0.25) is 0 Å². The summed E-state index contributed by atoms with van der Waals surface area (Å²) in [7, 11) is 2.23. The molecule has 0 radical (unpaired) electrons. The quantitative estimate of drug-likeness (QED) is 0.656. The van der Waals surface area contributed by atoms with E-state index in [0.29, 0.717) is 5.82 Å². The molecule has 4 rings (SSSR count). The summed E-state index contributed by atoms with van der Waals surface area (Å²) in [6.07, 6.45) is 6.95. The molecule has 0 aliphatic carbocycles. The highest BCUT2D eigenvalue weighted by Gasteiger charge is 2.16. The number of hydrogen-bond acceptors (Lipinski definition) is 4. The lowest BCUT2D eigenvalue weighted by Gasteiger charge is -2.28. The van der Waals surface area contributed by atoms with Crippen molar-refractivity contribution in [3.63, 3.8) is 0 Å². The number of benzene rings is 2. The fourth-order valence-electron chi connectivity index (χ4n) is 4.13. The zero-order valence-electron chi connectivity index (χ0n) is 16.7. The van der Waals surface area contributed by atoms with E-state index in [0.717, 1.165) is 28.9 Å². The summed E-state index contributed by atoms with van der Waals surface area (Å²) in [5, 5.41) is 5.66. The third-order valence-electron chi connectivity index (χ3n) is 5.96. The number of aryl methyl sites for hydroxylation is 1. The molecule has 28 heavy (non-hydrogen) atoms. The van der Waals surface area contributed by atoms with Gasteiger partial charge in [0.1, 0.15) is 5.82 Å². The molecule has 3 aromatic rings. The Bertz CT molecular complexity index is 929. The SMILES string of the molecule is CN1CCC(CCc2cccc(CNc3ccc4c(N)nccc4c3)c2)CC1. The number of nitrogens with one attached hydrogen (secondary N) is 1. The number of likely N-dealkylation sites (tertiary alicyclic amines) is 1. The van der Waals surface area contributed by atoms with Crippen LogP contribution in [0.5, 0.6) is 0 Å². The molecule has 0 atom stereocenters. The Balaban J connectivity index is 1.34. The van der Waals surface area contributed by atoms with Crippen LogP contribution in [0.4, 0.5) is 11.5 Å². The largest absolute Gasteiger partial charge is 0.383 e. The van der Waals surface area contributed by atoms with Gasteiger partial charge in [-0.3, -0.25) is 0 Å². The van der Waals surface area contributed by atoms with Gasteiger partial charge in [-0.2, -0.15) is 0 Å². The van der Waals surface area contributed by atoms with Crippen molar-refractivity contribution in [2.75, 3.05) is 31.2 Å². The Kier molecular flexibility index (Phi) is 5.77. The lowest BCUT2D eigenvalue weighted by molar-refractivity contribution is 0.212. The number of hydrogen-bond donors (Lipinski definition) is 2. The van der Waals surface area contributed by atoms with Crippen molar-refractivity contribution in [1.29, 1.82) is 0 Å². The minimum Gasteiger partial charge on any atom is -0.383 e. The van der Waals surface area contributed by atoms with Crippen molar-refractivity contribution in [2.45, 2.75) is 32.2 Å². The van der Waals surface area contributed by atoms with E-state index in [4.69, 9.17) is 5.73 Å². The fraction of sp³-hybridized carbons (Fsp3) is 0.375. The van der Waals surface area contributed by atoms with Crippen LogP contribution in [0.3, 0.4) is 0 Å². The van der Waals surface area contributed by atoms with E-state index in [1.54, 1.807) is 6.20 Å². The summed E-state index contributed by atoms with van der Waals surface area (Å²) in [5.41, 5.74) is 9.83. The van der Waals surface area contributed by atoms with Gasteiger partial charge in [0.05, 0.1) is 0 Å². The highest BCUT2D eigenvalue weighted by molar-refractivity contribution is 5.92. The number of aromatic nitrogens is 1. The number of anilines is 2. The van der Waals surface area contributed by atoms with Gasteiger partial charge in [0.15, 0.2) is 0 Å². The summed E-state index contributed by atoms with van der Waals surface area (Å²) < 4.78 is 0. The molecule has 0 spiro atoms. The first kappa shape index (κ1) is 18.8. The van der Waals surface area contributed by atoms with Crippen molar-refractivity contribution in [3.05, 3.63) is 65.9 Å². The van der Waals surface area contributed by atoms with E-state index in [1.165, 1.54) is 49.9 Å². The van der Waals surface area contributed by atoms with E-state index < -0.39 is 0 Å². The molecule has 1 fully saturated rings. The molecule has 0 amide bonds. The maximum Gasteiger partial charge on any atom is 0.131 e. The maximum atomic E-state index is 5.94. The summed E-state index contributed by atoms with van der Waals surface area (Å²) in [5.74, 6) is 1.47. The van der Waals surface area contributed by atoms with Crippen molar-refractivity contribution in [1.82, 2.24) is 9.88 Å². The average molecular weight is 375 g/mol. The Morgan fingerprint density at radius 1 is 1.07 bits per heavy atom. The average Bonchev–Trinajstić information content (AvgIpc) is 2.72. The Morgan fingerprint density at radius 2 is 1.89 bits per heavy atom. The van der Waals surface area contributed by atoms with Gasteiger partial charge >= 0.3 is 0 Å². The van der Waals surface area contributed by atoms with Crippen LogP contribution >= 0.6 is 0 Å². The zero-order chi connectivity index (χ0) is 19.3. The van der Waals surface area contributed by atoms with E-state index in [1.807, 2.05) is 12.1 Å². The first-order chi connectivity index (χ1) is 13.7. The third kappa shape index (κ3) is 4.63. The molecule has 0 bridgehead atoms. The van der Waals surface area contributed by atoms with E-state index in [2.05, 4.69) is 58.6 Å². The minimum absolute atomic E-state index is 0.585. The van der Waals surface area contributed by atoms with Gasteiger partial charge in [-0.05, 0) is 92.5 Å². The molecule has 1 aromatic heterocycles. The predicted molar refractivity (Wildman–Crippen MR) is 118 cm³/mol. The number of fused-ring (bicyclic) bond motifs is 1. The van der Waals surface area contributed by atoms with Gasteiger partial charge < -0.3 is 16.0 Å². The number of nitrogens with zero attached hydrogens (tertiary/aromatic N) is 2. The highest BCUT2D eigenvalue weighted by atomic mass is 15.1. The monoisotopic (exact) mass is 374 g/mol. The van der Waals surface area contributed by atoms with Gasteiger partial charge in [-0.15, -0.1) is 0 Å². The van der Waals surface area contributed by atoms with Gasteiger partial charge in [-0.25, -0.2) is 4.98 Å². The molecule has 4 nitrogen and oxygen atoms in total. The van der Waals surface area contributed by atoms with Crippen molar-refractivity contribution < 1.29 is 0 Å². The lowest BCUT2D eigenvalue weighted by atomic mass is 9.90. The number of nitrogens with two attached hydrogens (primary N) is 1. The van der Waals surface area contributed by atoms with Crippen LogP contribution in [0.1, 0.15) is 30.4 Å². The molecule has 2 aromatic carbocycles. The summed E-state index contributed by atoms with van der Waals surface area (Å²) in [4.78, 5) is 6.59. The van der Waals surface area contributed by atoms with E-state index in [-0.39, 0.29) is 0 Å². The molecule has 1 saturated heterocycles. The molecule has 1 aliphatic heterocycles. The van der Waals surface area contributed by atoms with E-state index >= 15 is 0 Å². The fourth-order valence-corrected chi connectivity index (χ4v) is 4.13. The van der Waals surface area contributed by atoms with E-state index in [9.17, 15) is 0 Å². The topological polar surface area (TPSA) is 54.2 Å². The standard InChI is InChI=1S/C24H30N4/c1-28-13-10-18(11-14-28)5-6-19-3-2-4-20(15-19)17-27-22-7-8-23-21(16-22)9-12-26-24(23)25/h2-4,7-9,12,15-16,18,27H,5-6,10-11,13-14,17H2,1H3,(H2,25,26). The molecular weight excluding hydrogens is 344 g/mol. The van der Waals surface area contributed by atoms with Crippen LogP contribution < -0.4 is 11.1 Å². The van der Waals surface area contributed by atoms with Gasteiger partial charge in [0.2, 0.25) is 0 Å². The van der Waals surface area contributed by atoms with Gasteiger partial charge in [0, 0.05) is 23.8 Å². The highest BCUT2D eigenvalue weighted by Crippen LogP contribution is 2.24. The third-order valence-corrected chi connectivity index (χ3v) is 5.96. The predicted octanol–water partition coefficient (Wildman–Crippen LogP) is 4.70. The second kappa shape index (κ2) is 8.61. The number of piperidine rings is 1. The zero-order valence-corrected chi connectivity index (χ0v) is 16.7. The van der Waals surface area contributed by atoms with Crippen LogP contribution in [0, 0.1) is 5.92 Å². The first-order valence-corrected chi connectivity index (χ1v) is 10.3. The molecule has 1 aliphatic rings. The van der Waals surface area contributed by atoms with Crippen LogP contribution in [-0.2, 0) is 13.0 Å². The molecule has 3 N–H and O–H groups in total. The Morgan fingerprint density at radius 3 is 2.75 bits per heavy atom. The summed E-state index contributed by atoms with van der Waals surface area (Å²) >= 11 is 0. The molecule has 146 valence electrons. The number of nitrogen functional groups attached to an aromatic ring is 1. The Hall–Kier alpha value is -2.59. The van der Waals surface area contributed by atoms with Crippen molar-refractivity contribution in [2.24, 2.45) is 5.92 Å². The molecule has 0 saturated carbocycles. The molecular formula is C24H30N4. The second-order valence-corrected chi connectivity index (χ2v) is 8.09.